The maximum Gasteiger partial charge on any atom is 0.451 e. The molecular formula is C27H28F3N11O. The van der Waals surface area contributed by atoms with E-state index in [1.807, 2.05) is 23.1 Å². The van der Waals surface area contributed by atoms with Gasteiger partial charge < -0.3 is 15.2 Å². The molecule has 2 fully saturated rings. The molecule has 0 atom stereocenters. The fourth-order valence-corrected chi connectivity index (χ4v) is 5.90. The summed E-state index contributed by atoms with van der Waals surface area (Å²) in [6.45, 7) is 1.94. The van der Waals surface area contributed by atoms with Crippen LogP contribution in [0.25, 0.3) is 22.3 Å². The van der Waals surface area contributed by atoms with Gasteiger partial charge in [-0.3, -0.25) is 14.4 Å². The van der Waals surface area contributed by atoms with Crippen molar-refractivity contribution in [2.75, 3.05) is 33.2 Å². The Morgan fingerprint density at radius 3 is 2.71 bits per heavy atom. The highest BCUT2D eigenvalue weighted by molar-refractivity contribution is 5.92. The zero-order valence-electron chi connectivity index (χ0n) is 22.8. The van der Waals surface area contributed by atoms with Crippen molar-refractivity contribution in [2.45, 2.75) is 43.6 Å². The average Bonchev–Trinajstić information content (AvgIpc) is 3.64. The van der Waals surface area contributed by atoms with Crippen molar-refractivity contribution < 1.29 is 18.0 Å². The van der Waals surface area contributed by atoms with Crippen LogP contribution in [-0.4, -0.2) is 89.7 Å². The number of nitrogens with zero attached hydrogens (tertiary/aromatic N) is 9. The molecule has 2 N–H and O–H groups in total. The van der Waals surface area contributed by atoms with Crippen LogP contribution in [0.2, 0.25) is 0 Å². The minimum Gasteiger partial charge on any atom is -0.346 e. The van der Waals surface area contributed by atoms with Crippen LogP contribution < -0.4 is 5.32 Å². The minimum absolute atomic E-state index is 0.0824. The van der Waals surface area contributed by atoms with Crippen molar-refractivity contribution >= 4 is 16.9 Å². The number of aromatic amines is 1. The number of carbonyl (C=O) groups excluding carboxylic acids is 1. The molecule has 1 aliphatic heterocycles. The molecule has 0 radical (unpaired) electrons. The number of piperazine rings is 1. The normalized spacial score (nSPS) is 21.3. The molecule has 4 aromatic rings. The Labute approximate surface area is 238 Å². The lowest BCUT2D eigenvalue weighted by molar-refractivity contribution is -0.145. The van der Waals surface area contributed by atoms with Crippen LogP contribution >= 0.6 is 0 Å². The molecule has 0 unspecified atom stereocenters. The van der Waals surface area contributed by atoms with E-state index in [0.29, 0.717) is 45.4 Å². The van der Waals surface area contributed by atoms with E-state index in [4.69, 9.17) is 0 Å². The molecule has 1 aliphatic carbocycles. The van der Waals surface area contributed by atoms with Crippen LogP contribution in [0.1, 0.15) is 41.3 Å². The van der Waals surface area contributed by atoms with E-state index in [0.717, 1.165) is 22.3 Å². The molecular weight excluding hydrogens is 551 g/mol. The van der Waals surface area contributed by atoms with Gasteiger partial charge in [-0.1, -0.05) is 0 Å². The second kappa shape index (κ2) is 10.8. The number of aromatic nitrogens is 7. The number of hydrogen-bond donors (Lipinski definition) is 2. The van der Waals surface area contributed by atoms with Crippen molar-refractivity contribution in [3.8, 4) is 17.3 Å². The number of nitrogens with one attached hydrogen (secondary N) is 2. The third-order valence-electron chi connectivity index (χ3n) is 8.06. The van der Waals surface area contributed by atoms with E-state index in [-0.39, 0.29) is 24.0 Å². The SMILES string of the molecule is CNCc1cc(C(=O)N2CCN([C@H]3C[C@@](CC#N)(n4cc(-c5ncnc6[nH]ccc56)cn4)C3)CC2)nc(C(F)(F)F)n1. The summed E-state index contributed by atoms with van der Waals surface area (Å²) in [5.74, 6) is -1.86. The van der Waals surface area contributed by atoms with Gasteiger partial charge in [-0.25, -0.2) is 19.9 Å². The van der Waals surface area contributed by atoms with E-state index in [9.17, 15) is 23.2 Å². The van der Waals surface area contributed by atoms with Gasteiger partial charge in [-0.2, -0.15) is 23.5 Å². The molecule has 1 amide bonds. The first-order valence-corrected chi connectivity index (χ1v) is 13.5. The smallest absolute Gasteiger partial charge is 0.346 e. The van der Waals surface area contributed by atoms with Gasteiger partial charge in [0.15, 0.2) is 0 Å². The molecule has 0 aromatic carbocycles. The summed E-state index contributed by atoms with van der Waals surface area (Å²) in [5.41, 5.74) is 1.73. The third kappa shape index (κ3) is 5.07. The zero-order chi connectivity index (χ0) is 29.5. The molecule has 1 saturated carbocycles. The number of carbonyl (C=O) groups is 1. The Bertz CT molecular complexity index is 1640. The van der Waals surface area contributed by atoms with Gasteiger partial charge in [0.2, 0.25) is 5.82 Å². The first-order chi connectivity index (χ1) is 20.2. The van der Waals surface area contributed by atoms with E-state index in [2.05, 4.69) is 46.3 Å². The number of halogens is 3. The second-order valence-corrected chi connectivity index (χ2v) is 10.7. The lowest BCUT2D eigenvalue weighted by atomic mass is 9.70. The first kappa shape index (κ1) is 27.7. The highest BCUT2D eigenvalue weighted by Crippen LogP contribution is 2.45. The van der Waals surface area contributed by atoms with E-state index in [1.165, 1.54) is 17.3 Å². The van der Waals surface area contributed by atoms with Crippen molar-refractivity contribution in [3.05, 3.63) is 54.3 Å². The molecule has 42 heavy (non-hydrogen) atoms. The molecule has 1 saturated heterocycles. The standard InChI is InChI=1S/C27H28F3N11O/c1-32-14-18-10-21(38-25(37-18)27(28,29)30)24(42)40-8-6-39(7-9-40)19-11-26(12-19,3-4-31)41-15-17(13-36-41)22-20-2-5-33-23(20)35-16-34-22/h2,5,10,13,15-16,19,32H,3,6-9,11-12,14H2,1H3,(H,33,34,35)/t19-,26+. The minimum atomic E-state index is -4.75. The largest absolute Gasteiger partial charge is 0.451 e. The molecule has 0 spiro atoms. The molecule has 5 heterocycles. The lowest BCUT2D eigenvalue weighted by Crippen LogP contribution is -2.60. The summed E-state index contributed by atoms with van der Waals surface area (Å²) in [6, 6.07) is 5.73. The number of amides is 1. The van der Waals surface area contributed by atoms with Gasteiger partial charge in [0.25, 0.3) is 5.91 Å². The summed E-state index contributed by atoms with van der Waals surface area (Å²) >= 11 is 0. The molecule has 2 aliphatic rings. The van der Waals surface area contributed by atoms with Gasteiger partial charge in [-0.05, 0) is 32.0 Å². The fourth-order valence-electron chi connectivity index (χ4n) is 5.90. The van der Waals surface area contributed by atoms with E-state index >= 15 is 0 Å². The van der Waals surface area contributed by atoms with E-state index in [1.54, 1.807) is 13.2 Å². The maximum absolute atomic E-state index is 13.3. The summed E-state index contributed by atoms with van der Waals surface area (Å²) in [4.78, 5) is 35.8. The zero-order valence-corrected chi connectivity index (χ0v) is 22.8. The highest BCUT2D eigenvalue weighted by Gasteiger charge is 2.49. The maximum atomic E-state index is 13.3. The van der Waals surface area contributed by atoms with Crippen LogP contribution in [0, 0.1) is 11.3 Å². The summed E-state index contributed by atoms with van der Waals surface area (Å²) in [7, 11) is 1.59. The first-order valence-electron chi connectivity index (χ1n) is 13.5. The van der Waals surface area contributed by atoms with Gasteiger partial charge in [0.05, 0.1) is 35.6 Å². The van der Waals surface area contributed by atoms with Gasteiger partial charge in [-0.15, -0.1) is 0 Å². The van der Waals surface area contributed by atoms with Gasteiger partial charge >= 0.3 is 6.18 Å². The third-order valence-corrected chi connectivity index (χ3v) is 8.06. The Balaban J connectivity index is 1.11. The summed E-state index contributed by atoms with van der Waals surface area (Å²) < 4.78 is 41.9. The van der Waals surface area contributed by atoms with Gasteiger partial charge in [0.1, 0.15) is 17.7 Å². The number of fused-ring (bicyclic) bond motifs is 1. The summed E-state index contributed by atoms with van der Waals surface area (Å²) in [5, 5.41) is 17.9. The van der Waals surface area contributed by atoms with Crippen LogP contribution in [0.5, 0.6) is 0 Å². The molecule has 0 bridgehead atoms. The van der Waals surface area contributed by atoms with Crippen LogP contribution in [0.3, 0.4) is 0 Å². The number of alkyl halides is 3. The van der Waals surface area contributed by atoms with Gasteiger partial charge in [0, 0.05) is 62.1 Å². The van der Waals surface area contributed by atoms with E-state index < -0.39 is 23.4 Å². The van der Waals surface area contributed by atoms with Crippen LogP contribution in [-0.2, 0) is 18.3 Å². The molecule has 4 aromatic heterocycles. The monoisotopic (exact) mass is 579 g/mol. The van der Waals surface area contributed by atoms with Crippen LogP contribution in [0.4, 0.5) is 13.2 Å². The predicted octanol–water partition coefficient (Wildman–Crippen LogP) is 2.58. The highest BCUT2D eigenvalue weighted by atomic mass is 19.4. The van der Waals surface area contributed by atoms with Crippen molar-refractivity contribution in [3.63, 3.8) is 0 Å². The molecule has 12 nitrogen and oxygen atoms in total. The van der Waals surface area contributed by atoms with Crippen molar-refractivity contribution in [1.82, 2.24) is 49.8 Å². The molecule has 218 valence electrons. The second-order valence-electron chi connectivity index (χ2n) is 10.7. The molecule has 15 heteroatoms. The Morgan fingerprint density at radius 2 is 2.00 bits per heavy atom. The Hall–Kier alpha value is -4.42. The number of rotatable bonds is 7. The average molecular weight is 580 g/mol. The molecule has 6 rings (SSSR count). The Kier molecular flexibility index (Phi) is 7.11. The number of nitriles is 1. The van der Waals surface area contributed by atoms with Crippen molar-refractivity contribution in [2.24, 2.45) is 0 Å². The lowest BCUT2D eigenvalue weighted by Gasteiger charge is -2.52. The number of H-pyrrole nitrogens is 1. The van der Waals surface area contributed by atoms with Crippen LogP contribution in [0.15, 0.2) is 37.1 Å². The summed E-state index contributed by atoms with van der Waals surface area (Å²) in [6.07, 6.45) is 3.97. The predicted molar refractivity (Wildman–Crippen MR) is 144 cm³/mol. The van der Waals surface area contributed by atoms with Crippen molar-refractivity contribution in [1.29, 1.82) is 5.26 Å². The quantitative estimate of drug-likeness (QED) is 0.338. The fraction of sp³-hybridized carbons (Fsp3) is 0.444. The topological polar surface area (TPSA) is 145 Å². The Morgan fingerprint density at radius 1 is 1.21 bits per heavy atom. The number of hydrogen-bond acceptors (Lipinski definition) is 9.